The van der Waals surface area contributed by atoms with E-state index in [1.807, 2.05) is 0 Å². The molecule has 176 valence electrons. The van der Waals surface area contributed by atoms with Gasteiger partial charge < -0.3 is 10.4 Å². The third kappa shape index (κ3) is 4.35. The van der Waals surface area contributed by atoms with Crippen molar-refractivity contribution in [3.05, 3.63) is 28.2 Å². The van der Waals surface area contributed by atoms with Crippen molar-refractivity contribution in [3.63, 3.8) is 0 Å². The summed E-state index contributed by atoms with van der Waals surface area (Å²) in [5, 5.41) is 14.2. The fourth-order valence-corrected chi connectivity index (χ4v) is 5.58. The molecule has 2 fully saturated rings. The third-order valence-electron chi connectivity index (χ3n) is 6.48. The fraction of sp³-hybridized carbons (Fsp3) is 0.650. The van der Waals surface area contributed by atoms with E-state index in [1.165, 1.54) is 21.3 Å². The van der Waals surface area contributed by atoms with Crippen molar-refractivity contribution < 1.29 is 22.3 Å². The Morgan fingerprint density at radius 2 is 1.97 bits per heavy atom. The van der Waals surface area contributed by atoms with Crippen LogP contribution < -0.4 is 10.9 Å². The lowest BCUT2D eigenvalue weighted by Crippen LogP contribution is -2.42. The summed E-state index contributed by atoms with van der Waals surface area (Å²) >= 11 is 0. The van der Waals surface area contributed by atoms with Crippen LogP contribution in [0.3, 0.4) is 0 Å². The SMILES string of the molecule is CC1(O)CCCC1n1c(=O)c(C(F)F)cc2cnc(NC3CCN(S(C)(=O)=O)CC3)nc21. The maximum Gasteiger partial charge on any atom is 0.269 e. The normalized spacial score (nSPS) is 25.6. The number of hydrogen-bond donors (Lipinski definition) is 2. The Kier molecular flexibility index (Phi) is 5.97. The number of rotatable bonds is 5. The van der Waals surface area contributed by atoms with E-state index in [4.69, 9.17) is 0 Å². The zero-order valence-corrected chi connectivity index (χ0v) is 18.8. The first-order valence-corrected chi connectivity index (χ1v) is 12.5. The summed E-state index contributed by atoms with van der Waals surface area (Å²) in [5.41, 5.74) is -2.52. The van der Waals surface area contributed by atoms with Gasteiger partial charge in [-0.3, -0.25) is 9.36 Å². The van der Waals surface area contributed by atoms with Crippen LogP contribution in [0.4, 0.5) is 14.7 Å². The van der Waals surface area contributed by atoms with E-state index >= 15 is 0 Å². The highest BCUT2D eigenvalue weighted by Gasteiger charge is 2.40. The molecule has 4 rings (SSSR count). The Morgan fingerprint density at radius 3 is 2.53 bits per heavy atom. The number of halogens is 2. The van der Waals surface area contributed by atoms with Crippen molar-refractivity contribution >= 4 is 27.0 Å². The standard InChI is InChI=1S/C20H27F2N5O4S/c1-20(29)7-3-4-15(20)27-17-12(10-14(16(21)22)18(27)28)11-23-19(25-17)24-13-5-8-26(9-6-13)32(2,30)31/h10-11,13,15-16,29H,3-9H2,1-2H3,(H,23,24,25). The average molecular weight is 472 g/mol. The van der Waals surface area contributed by atoms with Crippen LogP contribution in [-0.4, -0.2) is 63.4 Å². The first-order valence-electron chi connectivity index (χ1n) is 10.6. The summed E-state index contributed by atoms with van der Waals surface area (Å²) in [4.78, 5) is 21.6. The van der Waals surface area contributed by atoms with Crippen LogP contribution in [0, 0.1) is 0 Å². The predicted molar refractivity (Wildman–Crippen MR) is 115 cm³/mol. The largest absolute Gasteiger partial charge is 0.388 e. The lowest BCUT2D eigenvalue weighted by Gasteiger charge is -2.31. The zero-order chi connectivity index (χ0) is 23.3. The lowest BCUT2D eigenvalue weighted by atomic mass is 9.99. The van der Waals surface area contributed by atoms with Gasteiger partial charge in [0, 0.05) is 30.7 Å². The van der Waals surface area contributed by atoms with Crippen molar-refractivity contribution in [3.8, 4) is 0 Å². The molecule has 0 spiro atoms. The number of anilines is 1. The number of aliphatic hydroxyl groups is 1. The van der Waals surface area contributed by atoms with E-state index in [9.17, 15) is 27.1 Å². The van der Waals surface area contributed by atoms with Gasteiger partial charge in [0.15, 0.2) is 0 Å². The molecule has 2 N–H and O–H groups in total. The molecule has 2 aliphatic rings. The maximum absolute atomic E-state index is 13.5. The van der Waals surface area contributed by atoms with Gasteiger partial charge in [0.05, 0.1) is 23.5 Å². The van der Waals surface area contributed by atoms with E-state index in [2.05, 4.69) is 15.3 Å². The lowest BCUT2D eigenvalue weighted by molar-refractivity contribution is 0.0261. The van der Waals surface area contributed by atoms with Crippen molar-refractivity contribution in [1.82, 2.24) is 18.8 Å². The van der Waals surface area contributed by atoms with Gasteiger partial charge in [0.1, 0.15) is 5.65 Å². The number of hydrogen-bond acceptors (Lipinski definition) is 7. The smallest absolute Gasteiger partial charge is 0.269 e. The molecule has 0 amide bonds. The highest BCUT2D eigenvalue weighted by atomic mass is 32.2. The summed E-state index contributed by atoms with van der Waals surface area (Å²) < 4.78 is 53.1. The topological polar surface area (TPSA) is 117 Å². The molecule has 0 bridgehead atoms. The van der Waals surface area contributed by atoms with Crippen LogP contribution in [-0.2, 0) is 10.0 Å². The van der Waals surface area contributed by atoms with E-state index in [1.54, 1.807) is 6.92 Å². The molecule has 2 aromatic heterocycles. The Labute approximate surface area is 184 Å². The molecule has 9 nitrogen and oxygen atoms in total. The molecule has 12 heteroatoms. The van der Waals surface area contributed by atoms with Crippen LogP contribution in [0.15, 0.2) is 17.1 Å². The van der Waals surface area contributed by atoms with Crippen LogP contribution in [0.25, 0.3) is 11.0 Å². The van der Waals surface area contributed by atoms with Crippen molar-refractivity contribution in [2.75, 3.05) is 24.7 Å². The van der Waals surface area contributed by atoms with Gasteiger partial charge in [-0.1, -0.05) is 0 Å². The van der Waals surface area contributed by atoms with Gasteiger partial charge in [-0.25, -0.2) is 26.5 Å². The summed E-state index contributed by atoms with van der Waals surface area (Å²) in [7, 11) is -3.24. The van der Waals surface area contributed by atoms with Crippen molar-refractivity contribution in [1.29, 1.82) is 0 Å². The number of fused-ring (bicyclic) bond motifs is 1. The molecule has 2 atom stereocenters. The molecular weight excluding hydrogens is 444 g/mol. The van der Waals surface area contributed by atoms with E-state index in [0.29, 0.717) is 50.6 Å². The minimum Gasteiger partial charge on any atom is -0.388 e. The fourth-order valence-electron chi connectivity index (χ4n) is 4.71. The van der Waals surface area contributed by atoms with Gasteiger partial charge in [0.2, 0.25) is 16.0 Å². The molecule has 1 saturated heterocycles. The molecule has 0 aromatic carbocycles. The Hall–Kier alpha value is -2.18. The highest BCUT2D eigenvalue weighted by Crippen LogP contribution is 2.39. The van der Waals surface area contributed by atoms with Crippen molar-refractivity contribution in [2.45, 2.75) is 63.1 Å². The van der Waals surface area contributed by atoms with E-state index < -0.39 is 39.2 Å². The Balaban J connectivity index is 1.70. The molecule has 0 radical (unpaired) electrons. The average Bonchev–Trinajstić information content (AvgIpc) is 3.05. The molecular formula is C20H27F2N5O4S. The highest BCUT2D eigenvalue weighted by molar-refractivity contribution is 7.88. The van der Waals surface area contributed by atoms with Crippen LogP contribution in [0.5, 0.6) is 0 Å². The van der Waals surface area contributed by atoms with Crippen LogP contribution in [0.2, 0.25) is 0 Å². The predicted octanol–water partition coefficient (Wildman–Crippen LogP) is 2.04. The number of nitrogens with zero attached hydrogens (tertiary/aromatic N) is 4. The minimum absolute atomic E-state index is 0.0689. The summed E-state index contributed by atoms with van der Waals surface area (Å²) in [6, 6.07) is 0.370. The van der Waals surface area contributed by atoms with Crippen LogP contribution >= 0.6 is 0 Å². The second-order valence-electron chi connectivity index (χ2n) is 8.89. The van der Waals surface area contributed by atoms with E-state index in [0.717, 1.165) is 6.07 Å². The monoisotopic (exact) mass is 471 g/mol. The molecule has 2 aromatic rings. The Morgan fingerprint density at radius 1 is 1.28 bits per heavy atom. The molecule has 1 aliphatic heterocycles. The second kappa shape index (κ2) is 8.31. The van der Waals surface area contributed by atoms with Gasteiger partial charge in [-0.15, -0.1) is 0 Å². The van der Waals surface area contributed by atoms with Gasteiger partial charge in [-0.05, 0) is 45.1 Å². The molecule has 3 heterocycles. The summed E-state index contributed by atoms with van der Waals surface area (Å²) in [6.45, 7) is 2.35. The first kappa shape index (κ1) is 23.0. The summed E-state index contributed by atoms with van der Waals surface area (Å²) in [6.07, 6.45) is 2.33. The molecule has 1 aliphatic carbocycles. The number of sulfonamides is 1. The number of alkyl halides is 2. The third-order valence-corrected chi connectivity index (χ3v) is 7.79. The first-order chi connectivity index (χ1) is 15.0. The van der Waals surface area contributed by atoms with Gasteiger partial charge in [-0.2, -0.15) is 4.98 Å². The van der Waals surface area contributed by atoms with E-state index in [-0.39, 0.29) is 17.6 Å². The molecule has 32 heavy (non-hydrogen) atoms. The maximum atomic E-state index is 13.5. The Bertz CT molecular complexity index is 1180. The number of piperidine rings is 1. The quantitative estimate of drug-likeness (QED) is 0.685. The number of pyridine rings is 1. The number of aromatic nitrogens is 3. The van der Waals surface area contributed by atoms with Crippen LogP contribution in [0.1, 0.15) is 57.1 Å². The minimum atomic E-state index is -3.24. The second-order valence-corrected chi connectivity index (χ2v) is 10.9. The van der Waals surface area contributed by atoms with Gasteiger partial charge in [0.25, 0.3) is 12.0 Å². The zero-order valence-electron chi connectivity index (χ0n) is 18.0. The molecule has 1 saturated carbocycles. The van der Waals surface area contributed by atoms with Crippen molar-refractivity contribution in [2.24, 2.45) is 0 Å². The number of nitrogens with one attached hydrogen (secondary N) is 1. The summed E-state index contributed by atoms with van der Waals surface area (Å²) in [5.74, 6) is 0.228. The van der Waals surface area contributed by atoms with Gasteiger partial charge >= 0.3 is 0 Å². The molecule has 2 unspecified atom stereocenters.